The second-order valence-corrected chi connectivity index (χ2v) is 44.4. The topological polar surface area (TPSA) is 827 Å². The van der Waals surface area contributed by atoms with E-state index >= 15 is 0 Å². The van der Waals surface area contributed by atoms with Crippen LogP contribution in [0.5, 0.6) is 0 Å². The lowest BCUT2D eigenvalue weighted by Crippen LogP contribution is -2.68. The molecule has 57 unspecified atom stereocenters. The van der Waals surface area contributed by atoms with E-state index in [1.54, 1.807) is 6.92 Å². The number of aliphatic hydroxyl groups is 31. The van der Waals surface area contributed by atoms with Gasteiger partial charge < -0.3 is 244 Å². The van der Waals surface area contributed by atoms with Crippen LogP contribution < -0.4 is 0 Å². The molecule has 9 saturated heterocycles. The molecule has 0 aromatic rings. The van der Waals surface area contributed by atoms with Gasteiger partial charge in [-0.25, -0.2) is 0 Å². The second kappa shape index (κ2) is 44.3. The summed E-state index contributed by atoms with van der Waals surface area (Å²) < 4.78 is 108. The Kier molecular flexibility index (Phi) is 34.9. The summed E-state index contributed by atoms with van der Waals surface area (Å²) in [5, 5.41) is 328. The fourth-order valence-corrected chi connectivity index (χ4v) is 28.4. The third-order valence-corrected chi connectivity index (χ3v) is 36.3. The predicted molar refractivity (Wildman–Crippen MR) is 471 cm³/mol. The Morgan fingerprint density at radius 2 is 0.497 bits per heavy atom. The van der Waals surface area contributed by atoms with Crippen LogP contribution in [0.3, 0.4) is 0 Å². The zero-order valence-corrected chi connectivity index (χ0v) is 80.8. The molecular weight excluding hydrogens is 1940 g/mol. The quantitative estimate of drug-likeness (QED) is 0.0206. The highest BCUT2D eigenvalue weighted by Crippen LogP contribution is 2.76. The first-order valence-corrected chi connectivity index (χ1v) is 50.3. The summed E-state index contributed by atoms with van der Waals surface area (Å²) in [6.45, 7) is 9.73. The van der Waals surface area contributed by atoms with E-state index in [0.717, 1.165) is 6.42 Å². The van der Waals surface area contributed by atoms with E-state index in [2.05, 4.69) is 27.0 Å². The van der Waals surface area contributed by atoms with Crippen molar-refractivity contribution < 1.29 is 253 Å². The van der Waals surface area contributed by atoms with Crippen molar-refractivity contribution in [2.24, 2.45) is 56.2 Å². The number of carbonyl (C=O) groups excluding carboxylic acids is 2. The van der Waals surface area contributed by atoms with Gasteiger partial charge in [-0.1, -0.05) is 39.8 Å². The lowest BCUT2D eigenvalue weighted by Gasteiger charge is -2.64. The van der Waals surface area contributed by atoms with Crippen LogP contribution in [0.15, 0.2) is 24.3 Å². The van der Waals surface area contributed by atoms with Crippen molar-refractivity contribution in [1.82, 2.24) is 0 Å². The average Bonchev–Trinajstić information content (AvgIpc) is 1.56. The Morgan fingerprint density at radius 1 is 0.262 bits per heavy atom. The molecule has 0 amide bonds. The van der Waals surface area contributed by atoms with Crippen molar-refractivity contribution in [2.75, 3.05) is 59.5 Å². The molecule has 9 heterocycles. The second-order valence-electron chi connectivity index (χ2n) is 44.4. The van der Waals surface area contributed by atoms with E-state index in [4.69, 9.17) is 85.3 Å². The molecule has 4 bridgehead atoms. The molecular formula is C94H150O51. The van der Waals surface area contributed by atoms with Crippen molar-refractivity contribution in [3.63, 3.8) is 0 Å². The van der Waals surface area contributed by atoms with Crippen molar-refractivity contribution in [3.05, 3.63) is 24.3 Å². The van der Waals surface area contributed by atoms with Crippen LogP contribution >= 0.6 is 0 Å². The number of ether oxygens (including phenoxy) is 18. The molecule has 832 valence electrons. The molecule has 51 nitrogen and oxygen atoms in total. The first-order valence-electron chi connectivity index (χ1n) is 50.3. The third kappa shape index (κ3) is 20.1. The zero-order valence-electron chi connectivity index (χ0n) is 80.8. The molecule has 31 N–H and O–H groups in total. The highest BCUT2D eigenvalue weighted by atomic mass is 16.8. The Balaban J connectivity index is 0.000000210. The van der Waals surface area contributed by atoms with Gasteiger partial charge in [0.25, 0.3) is 0 Å². The number of fused-ring (bicyclic) bond motifs is 6. The molecule has 17 aliphatic rings. The minimum atomic E-state index is -1.99. The largest absolute Gasteiger partial charge is 0.432 e. The van der Waals surface area contributed by atoms with Gasteiger partial charge in [0.2, 0.25) is 12.6 Å². The van der Waals surface area contributed by atoms with E-state index in [0.29, 0.717) is 120 Å². The first-order chi connectivity index (χ1) is 68.5. The summed E-state index contributed by atoms with van der Waals surface area (Å²) in [7, 11) is 0. The number of esters is 2. The van der Waals surface area contributed by atoms with Crippen LogP contribution in [-0.4, -0.2) is 517 Å². The van der Waals surface area contributed by atoms with Gasteiger partial charge in [-0.2, -0.15) is 0 Å². The molecule has 0 aromatic heterocycles. The number of hydrogen-bond donors (Lipinski definition) is 31. The summed E-state index contributed by atoms with van der Waals surface area (Å²) in [6.07, 6.45) is -69.0. The van der Waals surface area contributed by atoms with E-state index in [9.17, 15) is 168 Å². The fourth-order valence-electron chi connectivity index (χ4n) is 28.4. The molecule has 9 aliphatic heterocycles. The minimum absolute atomic E-state index is 0.0251. The monoisotopic (exact) mass is 2090 g/mol. The minimum Gasteiger partial charge on any atom is -0.432 e. The SMILES string of the molecule is C=C1CC23CCC4C(C)(C(=O)OC5OC(CO)C(O)C(O)C5O)CCCC4(C)C2CCC1(OC1OC(CO)C(O)C(OC2OC(CO)C(O)C(O)C2O)C1OC1OC(CO)C(O)C(O)C1O)C3.C=C1CC23CCC4C(C)(C(=O)OC5OC(CO)C(O)C(O)C5OC5OC(CO)C(O)C(O)C5O)CCCC4(C)C2CCC1(OC1OC(CO)C(O)C(OC2OC(CO)C(O)C(O)C2O)C1OC1OC(CO)C(O)C(O)C1O)C3. The highest BCUT2D eigenvalue weighted by molar-refractivity contribution is 5.78. The molecule has 2 spiro atoms. The molecule has 17 rings (SSSR count). The lowest BCUT2D eigenvalue weighted by molar-refractivity contribution is -0.400. The number of rotatable bonds is 27. The van der Waals surface area contributed by atoms with E-state index < -0.39 is 391 Å². The van der Waals surface area contributed by atoms with E-state index in [1.807, 2.05) is 6.92 Å². The zero-order chi connectivity index (χ0) is 105. The number of carbonyl (C=O) groups is 2. The molecule has 8 saturated carbocycles. The van der Waals surface area contributed by atoms with Gasteiger partial charge in [0.15, 0.2) is 50.1 Å². The molecule has 0 aromatic carbocycles. The molecule has 145 heavy (non-hydrogen) atoms. The van der Waals surface area contributed by atoms with Crippen molar-refractivity contribution in [3.8, 4) is 0 Å². The van der Waals surface area contributed by atoms with Gasteiger partial charge in [-0.15, -0.1) is 0 Å². The van der Waals surface area contributed by atoms with Crippen LogP contribution in [0.2, 0.25) is 0 Å². The van der Waals surface area contributed by atoms with Crippen molar-refractivity contribution in [2.45, 2.75) is 431 Å². The standard InChI is InChI=1S/C50H80O28.C44H70O23/c1-18-11-49-9-5-24-47(2,7-4-8-48(24,3)46(68)77-44-39(34(64)29(59)22(15-54)72-44)75-42-36(66)32(62)27(57)20(13-52)70-42)25(49)6-10-50(18,17-49)78-45-40(76-43-37(67)33(63)28(58)21(14-53)71-43)38(30(60)23(16-55)73-45)74-41-35(65)31(61)26(56)19(12-51)69-41;1-17-11-43-9-5-22-41(2,7-4-8-42(22,3)40(59)66-38-33(58)30(55)26(51)20(14-47)62-38)23(43)6-10-44(17,16-43)67-39-35(65-37-32(57)29(54)25(50)19(13-46)61-37)34(27(52)21(15-48)63-39)64-36-31(56)28(53)24(49)18(12-45)60-36/h19-45,51-67H,1,4-17H2,2-3H3;18-39,45-58H,1,4-16H2,2-3H3. The van der Waals surface area contributed by atoms with E-state index in [-0.39, 0.29) is 23.7 Å². The predicted octanol–water partition coefficient (Wildman–Crippen LogP) is -12.4. The Hall–Kier alpha value is -3.46. The highest BCUT2D eigenvalue weighted by Gasteiger charge is 2.74. The first kappa shape index (κ1) is 114. The summed E-state index contributed by atoms with van der Waals surface area (Å²) in [6, 6.07) is 0. The van der Waals surface area contributed by atoms with Crippen molar-refractivity contribution in [1.29, 1.82) is 0 Å². The smallest absolute Gasteiger partial charge is 0.314 e. The normalized spacial score (nSPS) is 54.5. The van der Waals surface area contributed by atoms with Gasteiger partial charge in [-0.05, 0) is 173 Å². The van der Waals surface area contributed by atoms with Crippen LogP contribution in [0.1, 0.15) is 143 Å². The van der Waals surface area contributed by atoms with Gasteiger partial charge in [0.1, 0.15) is 214 Å². The lowest BCUT2D eigenvalue weighted by atomic mass is 9.41. The van der Waals surface area contributed by atoms with Crippen molar-refractivity contribution >= 4 is 11.9 Å². The number of aliphatic hydroxyl groups excluding tert-OH is 31. The number of hydrogen-bond acceptors (Lipinski definition) is 51. The molecule has 51 heteroatoms. The third-order valence-electron chi connectivity index (χ3n) is 36.3. The molecule has 8 aliphatic carbocycles. The van der Waals surface area contributed by atoms with Gasteiger partial charge in [-0.3, -0.25) is 9.59 Å². The van der Waals surface area contributed by atoms with Gasteiger partial charge in [0, 0.05) is 0 Å². The maximum atomic E-state index is 14.9. The molecule has 57 atom stereocenters. The van der Waals surface area contributed by atoms with Crippen LogP contribution in [-0.2, 0) is 94.9 Å². The fraction of sp³-hybridized carbons (Fsp3) is 0.936. The van der Waals surface area contributed by atoms with Gasteiger partial charge >= 0.3 is 11.9 Å². The molecule has 0 radical (unpaired) electrons. The van der Waals surface area contributed by atoms with Crippen LogP contribution in [0, 0.1) is 56.2 Å². The summed E-state index contributed by atoms with van der Waals surface area (Å²) in [5.41, 5.74) is -5.14. The summed E-state index contributed by atoms with van der Waals surface area (Å²) in [4.78, 5) is 29.2. The maximum absolute atomic E-state index is 14.9. The van der Waals surface area contributed by atoms with Crippen LogP contribution in [0.4, 0.5) is 0 Å². The maximum Gasteiger partial charge on any atom is 0.314 e. The summed E-state index contributed by atoms with van der Waals surface area (Å²) in [5.74, 6) is -1.95. The van der Waals surface area contributed by atoms with E-state index in [1.165, 1.54) is 0 Å². The average molecular weight is 2100 g/mol. The Labute approximate surface area is 832 Å². The molecule has 17 fully saturated rings. The summed E-state index contributed by atoms with van der Waals surface area (Å²) >= 11 is 0. The Bertz CT molecular complexity index is 4360. The van der Waals surface area contributed by atoms with Crippen LogP contribution in [0.25, 0.3) is 0 Å². The Morgan fingerprint density at radius 3 is 0.793 bits per heavy atom. The van der Waals surface area contributed by atoms with Gasteiger partial charge in [0.05, 0.1) is 81.5 Å².